The first kappa shape index (κ1) is 20.4. The standard InChI is InChI=1S/C16H17F3N2O3S2/c1-2-26(23,24)8-7-20-14(22)9-13-10-25-15(21-13)11-3-5-12(6-4-11)16(17,18)19/h3-6,10H,2,7-9H2,1H3,(H,20,22). The van der Waals surface area contributed by atoms with E-state index in [1.807, 2.05) is 0 Å². The third-order valence-electron chi connectivity index (χ3n) is 3.53. The monoisotopic (exact) mass is 406 g/mol. The molecule has 26 heavy (non-hydrogen) atoms. The van der Waals surface area contributed by atoms with Crippen molar-refractivity contribution in [3.05, 3.63) is 40.9 Å². The number of thiazole rings is 1. The Morgan fingerprint density at radius 2 is 1.88 bits per heavy atom. The van der Waals surface area contributed by atoms with Gasteiger partial charge in [-0.15, -0.1) is 11.3 Å². The minimum absolute atomic E-state index is 0.0193. The van der Waals surface area contributed by atoms with Gasteiger partial charge in [0.15, 0.2) is 9.84 Å². The summed E-state index contributed by atoms with van der Waals surface area (Å²) in [6, 6.07) is 4.64. The van der Waals surface area contributed by atoms with E-state index < -0.39 is 21.6 Å². The van der Waals surface area contributed by atoms with Crippen molar-refractivity contribution < 1.29 is 26.4 Å². The summed E-state index contributed by atoms with van der Waals surface area (Å²) in [5.41, 5.74) is 0.267. The number of hydrogen-bond donors (Lipinski definition) is 1. The summed E-state index contributed by atoms with van der Waals surface area (Å²) in [6.07, 6.45) is -4.42. The molecule has 0 saturated carbocycles. The topological polar surface area (TPSA) is 76.1 Å². The molecule has 0 unspecified atom stereocenters. The van der Waals surface area contributed by atoms with E-state index in [1.165, 1.54) is 30.4 Å². The number of benzene rings is 1. The van der Waals surface area contributed by atoms with Gasteiger partial charge in [-0.25, -0.2) is 13.4 Å². The molecule has 0 aliphatic heterocycles. The molecule has 0 saturated heterocycles. The molecular weight excluding hydrogens is 389 g/mol. The highest BCUT2D eigenvalue weighted by Gasteiger charge is 2.30. The minimum Gasteiger partial charge on any atom is -0.355 e. The van der Waals surface area contributed by atoms with Crippen molar-refractivity contribution in [2.24, 2.45) is 0 Å². The smallest absolute Gasteiger partial charge is 0.355 e. The molecule has 5 nitrogen and oxygen atoms in total. The van der Waals surface area contributed by atoms with Gasteiger partial charge in [0.25, 0.3) is 0 Å². The minimum atomic E-state index is -4.39. The van der Waals surface area contributed by atoms with Gasteiger partial charge >= 0.3 is 6.18 Å². The first-order valence-electron chi connectivity index (χ1n) is 7.70. The van der Waals surface area contributed by atoms with Crippen molar-refractivity contribution in [2.45, 2.75) is 19.5 Å². The summed E-state index contributed by atoms with van der Waals surface area (Å²) >= 11 is 1.22. The first-order chi connectivity index (χ1) is 12.1. The molecule has 0 aliphatic carbocycles. The molecule has 1 aromatic carbocycles. The van der Waals surface area contributed by atoms with E-state index in [-0.39, 0.29) is 30.4 Å². The molecule has 10 heteroatoms. The Bertz CT molecular complexity index is 860. The Balaban J connectivity index is 1.94. The zero-order chi connectivity index (χ0) is 19.4. The Kier molecular flexibility index (Phi) is 6.40. The van der Waals surface area contributed by atoms with Crippen LogP contribution in [0, 0.1) is 0 Å². The zero-order valence-corrected chi connectivity index (χ0v) is 15.5. The van der Waals surface area contributed by atoms with Crippen molar-refractivity contribution in [3.8, 4) is 10.6 Å². The lowest BCUT2D eigenvalue weighted by atomic mass is 10.1. The number of halogens is 3. The van der Waals surface area contributed by atoms with E-state index in [0.717, 1.165) is 12.1 Å². The van der Waals surface area contributed by atoms with Crippen LogP contribution in [0.1, 0.15) is 18.2 Å². The normalized spacial score (nSPS) is 12.2. The Hall–Kier alpha value is -1.94. The van der Waals surface area contributed by atoms with Crippen LogP contribution in [-0.4, -0.2) is 37.4 Å². The van der Waals surface area contributed by atoms with Gasteiger partial charge in [0.05, 0.1) is 23.4 Å². The first-order valence-corrected chi connectivity index (χ1v) is 10.4. The number of carbonyl (C=O) groups is 1. The fourth-order valence-electron chi connectivity index (χ4n) is 2.04. The maximum absolute atomic E-state index is 12.6. The van der Waals surface area contributed by atoms with Gasteiger partial charge in [-0.3, -0.25) is 4.79 Å². The summed E-state index contributed by atoms with van der Waals surface area (Å²) in [4.78, 5) is 16.1. The number of aromatic nitrogens is 1. The lowest BCUT2D eigenvalue weighted by Crippen LogP contribution is -2.30. The molecule has 1 N–H and O–H groups in total. The SMILES string of the molecule is CCS(=O)(=O)CCNC(=O)Cc1csc(-c2ccc(C(F)(F)F)cc2)n1. The summed E-state index contributed by atoms with van der Waals surface area (Å²) in [7, 11) is -3.14. The third kappa shape index (κ3) is 5.80. The Labute approximate surface area is 153 Å². The van der Waals surface area contributed by atoms with E-state index in [0.29, 0.717) is 16.3 Å². The van der Waals surface area contributed by atoms with Crippen LogP contribution in [0.5, 0.6) is 0 Å². The van der Waals surface area contributed by atoms with E-state index in [9.17, 15) is 26.4 Å². The van der Waals surface area contributed by atoms with Crippen LogP contribution in [0.2, 0.25) is 0 Å². The number of nitrogens with zero attached hydrogens (tertiary/aromatic N) is 1. The number of hydrogen-bond acceptors (Lipinski definition) is 5. The molecule has 1 amide bonds. The number of nitrogens with one attached hydrogen (secondary N) is 1. The van der Waals surface area contributed by atoms with Gasteiger partial charge in [-0.1, -0.05) is 19.1 Å². The lowest BCUT2D eigenvalue weighted by molar-refractivity contribution is -0.137. The second kappa shape index (κ2) is 8.17. The number of sulfone groups is 1. The number of carbonyl (C=O) groups excluding carboxylic acids is 1. The van der Waals surface area contributed by atoms with Crippen molar-refractivity contribution in [3.63, 3.8) is 0 Å². The summed E-state index contributed by atoms with van der Waals surface area (Å²) in [5.74, 6) is -0.463. The summed E-state index contributed by atoms with van der Waals surface area (Å²) in [5, 5.41) is 4.67. The van der Waals surface area contributed by atoms with E-state index in [4.69, 9.17) is 0 Å². The molecular formula is C16H17F3N2O3S2. The molecule has 1 aromatic heterocycles. The van der Waals surface area contributed by atoms with Gasteiger partial charge in [0.2, 0.25) is 5.91 Å². The maximum Gasteiger partial charge on any atom is 0.416 e. The van der Waals surface area contributed by atoms with Gasteiger partial charge in [0.1, 0.15) is 5.01 Å². The van der Waals surface area contributed by atoms with Crippen LogP contribution in [-0.2, 0) is 27.2 Å². The number of rotatable bonds is 7. The highest BCUT2D eigenvalue weighted by atomic mass is 32.2. The average Bonchev–Trinajstić information content (AvgIpc) is 3.02. The van der Waals surface area contributed by atoms with E-state index >= 15 is 0 Å². The molecule has 0 aliphatic rings. The van der Waals surface area contributed by atoms with Gasteiger partial charge in [-0.05, 0) is 12.1 Å². The van der Waals surface area contributed by atoms with Crippen molar-refractivity contribution in [1.29, 1.82) is 0 Å². The van der Waals surface area contributed by atoms with Crippen LogP contribution in [0.3, 0.4) is 0 Å². The predicted molar refractivity (Wildman–Crippen MR) is 93.6 cm³/mol. The number of alkyl halides is 3. The highest BCUT2D eigenvalue weighted by molar-refractivity contribution is 7.91. The van der Waals surface area contributed by atoms with Crippen LogP contribution in [0.4, 0.5) is 13.2 Å². The number of amides is 1. The molecule has 0 atom stereocenters. The largest absolute Gasteiger partial charge is 0.416 e. The summed E-state index contributed by atoms with van der Waals surface area (Å²) in [6.45, 7) is 1.57. The molecule has 2 aromatic rings. The van der Waals surface area contributed by atoms with Crippen LogP contribution < -0.4 is 5.32 Å². The highest BCUT2D eigenvalue weighted by Crippen LogP contribution is 2.31. The molecule has 0 bridgehead atoms. The van der Waals surface area contributed by atoms with Crippen molar-refractivity contribution in [1.82, 2.24) is 10.3 Å². The zero-order valence-electron chi connectivity index (χ0n) is 13.8. The summed E-state index contributed by atoms with van der Waals surface area (Å²) < 4.78 is 60.4. The molecule has 142 valence electrons. The van der Waals surface area contributed by atoms with Crippen molar-refractivity contribution >= 4 is 27.1 Å². The third-order valence-corrected chi connectivity index (χ3v) is 6.17. The Morgan fingerprint density at radius 3 is 2.46 bits per heavy atom. The predicted octanol–water partition coefficient (Wildman–Crippen LogP) is 2.92. The van der Waals surface area contributed by atoms with E-state index in [1.54, 1.807) is 5.38 Å². The molecule has 0 spiro atoms. The van der Waals surface area contributed by atoms with Crippen LogP contribution >= 0.6 is 11.3 Å². The van der Waals surface area contributed by atoms with Gasteiger partial charge in [-0.2, -0.15) is 13.2 Å². The van der Waals surface area contributed by atoms with E-state index in [2.05, 4.69) is 10.3 Å². The lowest BCUT2D eigenvalue weighted by Gasteiger charge is -2.06. The van der Waals surface area contributed by atoms with Crippen LogP contribution in [0.15, 0.2) is 29.6 Å². The van der Waals surface area contributed by atoms with Gasteiger partial charge in [0, 0.05) is 23.2 Å². The van der Waals surface area contributed by atoms with Gasteiger partial charge < -0.3 is 5.32 Å². The molecule has 1 heterocycles. The Morgan fingerprint density at radius 1 is 1.23 bits per heavy atom. The molecule has 2 rings (SSSR count). The maximum atomic E-state index is 12.6. The second-order valence-corrected chi connectivity index (χ2v) is 8.81. The second-order valence-electron chi connectivity index (χ2n) is 5.48. The van der Waals surface area contributed by atoms with Crippen LogP contribution in [0.25, 0.3) is 10.6 Å². The fraction of sp³-hybridized carbons (Fsp3) is 0.375. The van der Waals surface area contributed by atoms with Crippen molar-refractivity contribution in [2.75, 3.05) is 18.1 Å². The average molecular weight is 406 g/mol. The quantitative estimate of drug-likeness (QED) is 0.767. The fourth-order valence-corrected chi connectivity index (χ4v) is 3.57. The molecule has 0 fully saturated rings. The molecule has 0 radical (unpaired) electrons.